The summed E-state index contributed by atoms with van der Waals surface area (Å²) in [6, 6.07) is 8.60. The van der Waals surface area contributed by atoms with Crippen molar-refractivity contribution in [3.8, 4) is 0 Å². The molecule has 0 amide bonds. The van der Waals surface area contributed by atoms with Crippen LogP contribution in [0.25, 0.3) is 0 Å². The van der Waals surface area contributed by atoms with Crippen LogP contribution in [0.2, 0.25) is 0 Å². The lowest BCUT2D eigenvalue weighted by molar-refractivity contribution is 0.394. The largest absolute Gasteiger partial charge is 0.245 e. The molecule has 0 radical (unpaired) electrons. The van der Waals surface area contributed by atoms with Gasteiger partial charge in [-0.15, -0.1) is 5.10 Å². The Morgan fingerprint density at radius 3 is 2.38 bits per heavy atom. The molecule has 0 N–H and O–H groups in total. The van der Waals surface area contributed by atoms with Crippen molar-refractivity contribution in [2.24, 2.45) is 5.92 Å². The molecule has 2 rings (SSSR count). The molecule has 0 unspecified atom stereocenters. The monoisotopic (exact) mass is 279 g/mol. The van der Waals surface area contributed by atoms with Gasteiger partial charge in [0.1, 0.15) is 0 Å². The number of benzene rings is 1. The van der Waals surface area contributed by atoms with Crippen LogP contribution in [0.4, 0.5) is 0 Å². The Bertz CT molecular complexity index is 434. The zero-order valence-electron chi connectivity index (χ0n) is 9.34. The van der Waals surface area contributed by atoms with Crippen molar-refractivity contribution < 1.29 is 0 Å². The highest BCUT2D eigenvalue weighted by molar-refractivity contribution is 9.10. The molecule has 3 nitrogen and oxygen atoms in total. The molecular weight excluding hydrogens is 266 g/mol. The van der Waals surface area contributed by atoms with E-state index in [4.69, 9.17) is 0 Å². The Morgan fingerprint density at radius 2 is 1.88 bits per heavy atom. The first-order valence-corrected chi connectivity index (χ1v) is 6.09. The van der Waals surface area contributed by atoms with E-state index in [2.05, 4.69) is 64.4 Å². The second kappa shape index (κ2) is 4.78. The fourth-order valence-electron chi connectivity index (χ4n) is 1.87. The van der Waals surface area contributed by atoms with Gasteiger partial charge in [0.25, 0.3) is 0 Å². The van der Waals surface area contributed by atoms with Gasteiger partial charge < -0.3 is 0 Å². The number of halogens is 1. The third kappa shape index (κ3) is 2.32. The Morgan fingerprint density at radius 1 is 1.19 bits per heavy atom. The second-order valence-corrected chi connectivity index (χ2v) is 5.04. The molecule has 0 fully saturated rings. The van der Waals surface area contributed by atoms with Crippen molar-refractivity contribution in [3.05, 3.63) is 46.7 Å². The van der Waals surface area contributed by atoms with Gasteiger partial charge in [0, 0.05) is 10.7 Å². The summed E-state index contributed by atoms with van der Waals surface area (Å²) in [5.41, 5.74) is 1.25. The second-order valence-electron chi connectivity index (χ2n) is 4.12. The quantitative estimate of drug-likeness (QED) is 0.863. The summed E-state index contributed by atoms with van der Waals surface area (Å²) in [5.74, 6) is 0.475. The molecule has 1 aromatic heterocycles. The maximum absolute atomic E-state index is 4.09. The van der Waals surface area contributed by atoms with Crippen LogP contribution < -0.4 is 0 Å². The molecule has 2 aromatic rings. The minimum Gasteiger partial charge on any atom is -0.245 e. The SMILES string of the molecule is CC(C)[C@@H](c1ccc(Br)cc1)n1ccnn1. The highest BCUT2D eigenvalue weighted by atomic mass is 79.9. The summed E-state index contributed by atoms with van der Waals surface area (Å²) in [5, 5.41) is 7.96. The maximum atomic E-state index is 4.09. The number of hydrogen-bond donors (Lipinski definition) is 0. The van der Waals surface area contributed by atoms with Crippen molar-refractivity contribution >= 4 is 15.9 Å². The van der Waals surface area contributed by atoms with Crippen molar-refractivity contribution in [2.45, 2.75) is 19.9 Å². The molecule has 16 heavy (non-hydrogen) atoms. The molecule has 0 aliphatic rings. The molecule has 0 bridgehead atoms. The fraction of sp³-hybridized carbons (Fsp3) is 0.333. The fourth-order valence-corrected chi connectivity index (χ4v) is 2.13. The van der Waals surface area contributed by atoms with Crippen LogP contribution in [-0.4, -0.2) is 15.0 Å². The van der Waals surface area contributed by atoms with Gasteiger partial charge in [-0.2, -0.15) is 0 Å². The number of nitrogens with zero attached hydrogens (tertiary/aromatic N) is 3. The van der Waals surface area contributed by atoms with Crippen LogP contribution in [0.3, 0.4) is 0 Å². The van der Waals surface area contributed by atoms with E-state index in [0.29, 0.717) is 5.92 Å². The molecule has 0 saturated carbocycles. The van der Waals surface area contributed by atoms with E-state index in [1.807, 2.05) is 10.9 Å². The number of rotatable bonds is 3. The number of aromatic nitrogens is 3. The summed E-state index contributed by atoms with van der Waals surface area (Å²) in [6.07, 6.45) is 3.63. The molecular formula is C12H14BrN3. The average Bonchev–Trinajstić information content (AvgIpc) is 2.74. The van der Waals surface area contributed by atoms with Gasteiger partial charge in [-0.3, -0.25) is 0 Å². The smallest absolute Gasteiger partial charge is 0.0809 e. The Kier molecular flexibility index (Phi) is 3.39. The van der Waals surface area contributed by atoms with Crippen LogP contribution in [0.5, 0.6) is 0 Å². The van der Waals surface area contributed by atoms with Gasteiger partial charge in [-0.1, -0.05) is 47.1 Å². The first-order chi connectivity index (χ1) is 7.68. The molecule has 4 heteroatoms. The van der Waals surface area contributed by atoms with Gasteiger partial charge in [0.15, 0.2) is 0 Å². The third-order valence-electron chi connectivity index (χ3n) is 2.57. The van der Waals surface area contributed by atoms with E-state index in [-0.39, 0.29) is 6.04 Å². The minimum atomic E-state index is 0.246. The molecule has 0 aliphatic carbocycles. The standard InChI is InChI=1S/C12H14BrN3/c1-9(2)12(16-8-7-14-15-16)10-3-5-11(13)6-4-10/h3-9,12H,1-2H3/t12-/m0/s1. The van der Waals surface area contributed by atoms with E-state index >= 15 is 0 Å². The Hall–Kier alpha value is -1.16. The van der Waals surface area contributed by atoms with Crippen LogP contribution in [0.15, 0.2) is 41.1 Å². The van der Waals surface area contributed by atoms with Crippen molar-refractivity contribution in [1.82, 2.24) is 15.0 Å². The van der Waals surface area contributed by atoms with E-state index in [1.54, 1.807) is 6.20 Å². The van der Waals surface area contributed by atoms with Gasteiger partial charge in [0.05, 0.1) is 12.2 Å². The van der Waals surface area contributed by atoms with E-state index < -0.39 is 0 Å². The summed E-state index contributed by atoms with van der Waals surface area (Å²) in [7, 11) is 0. The normalized spacial score (nSPS) is 13.0. The lowest BCUT2D eigenvalue weighted by atomic mass is 9.96. The molecule has 0 saturated heterocycles. The molecule has 1 heterocycles. The minimum absolute atomic E-state index is 0.246. The lowest BCUT2D eigenvalue weighted by Crippen LogP contribution is -2.17. The van der Waals surface area contributed by atoms with Gasteiger partial charge in [0.2, 0.25) is 0 Å². The third-order valence-corrected chi connectivity index (χ3v) is 3.10. The molecule has 0 spiro atoms. The summed E-state index contributed by atoms with van der Waals surface area (Å²) < 4.78 is 3.01. The number of hydrogen-bond acceptors (Lipinski definition) is 2. The molecule has 0 aliphatic heterocycles. The molecule has 84 valence electrons. The summed E-state index contributed by atoms with van der Waals surface area (Å²) >= 11 is 3.45. The van der Waals surface area contributed by atoms with Gasteiger partial charge in [-0.05, 0) is 23.6 Å². The highest BCUT2D eigenvalue weighted by Crippen LogP contribution is 2.26. The van der Waals surface area contributed by atoms with Crippen LogP contribution >= 0.6 is 15.9 Å². The van der Waals surface area contributed by atoms with Gasteiger partial charge in [-0.25, -0.2) is 4.68 Å². The first-order valence-electron chi connectivity index (χ1n) is 5.29. The zero-order chi connectivity index (χ0) is 11.5. The Labute approximate surface area is 104 Å². The molecule has 1 aromatic carbocycles. The van der Waals surface area contributed by atoms with E-state index in [1.165, 1.54) is 5.56 Å². The summed E-state index contributed by atoms with van der Waals surface area (Å²) in [6.45, 7) is 4.38. The lowest BCUT2D eigenvalue weighted by Gasteiger charge is -2.21. The van der Waals surface area contributed by atoms with E-state index in [0.717, 1.165) is 4.47 Å². The maximum Gasteiger partial charge on any atom is 0.0809 e. The summed E-state index contributed by atoms with van der Waals surface area (Å²) in [4.78, 5) is 0. The Balaban J connectivity index is 2.37. The van der Waals surface area contributed by atoms with Crippen LogP contribution in [0, 0.1) is 5.92 Å². The zero-order valence-corrected chi connectivity index (χ0v) is 10.9. The van der Waals surface area contributed by atoms with Crippen LogP contribution in [0.1, 0.15) is 25.5 Å². The van der Waals surface area contributed by atoms with Crippen molar-refractivity contribution in [2.75, 3.05) is 0 Å². The van der Waals surface area contributed by atoms with Crippen molar-refractivity contribution in [1.29, 1.82) is 0 Å². The highest BCUT2D eigenvalue weighted by Gasteiger charge is 2.18. The first kappa shape index (κ1) is 11.3. The predicted octanol–water partition coefficient (Wildman–Crippen LogP) is 3.29. The predicted molar refractivity (Wildman–Crippen MR) is 67.1 cm³/mol. The molecule has 1 atom stereocenters. The van der Waals surface area contributed by atoms with Crippen molar-refractivity contribution in [3.63, 3.8) is 0 Å². The topological polar surface area (TPSA) is 30.7 Å². The van der Waals surface area contributed by atoms with Gasteiger partial charge >= 0.3 is 0 Å². The average molecular weight is 280 g/mol. The van der Waals surface area contributed by atoms with Crippen LogP contribution in [-0.2, 0) is 0 Å². The van der Waals surface area contributed by atoms with E-state index in [9.17, 15) is 0 Å².